The molecule has 1 unspecified atom stereocenters. The Morgan fingerprint density at radius 3 is 2.60 bits per heavy atom. The van der Waals surface area contributed by atoms with Crippen molar-refractivity contribution in [1.29, 1.82) is 0 Å². The highest BCUT2D eigenvalue weighted by Crippen LogP contribution is 2.07. The number of carbonyl (C=O) groups excluding carboxylic acids is 1. The van der Waals surface area contributed by atoms with Crippen molar-refractivity contribution in [2.24, 2.45) is 5.92 Å². The van der Waals surface area contributed by atoms with Gasteiger partial charge in [0.1, 0.15) is 0 Å². The van der Waals surface area contributed by atoms with Crippen LogP contribution >= 0.6 is 24.8 Å². The smallest absolute Gasteiger partial charge is 0.224 e. The van der Waals surface area contributed by atoms with Crippen LogP contribution in [0.1, 0.15) is 12.8 Å². The Morgan fingerprint density at radius 2 is 1.95 bits per heavy atom. The van der Waals surface area contributed by atoms with Gasteiger partial charge in [0.05, 0.1) is 5.92 Å². The van der Waals surface area contributed by atoms with Crippen molar-refractivity contribution >= 4 is 36.4 Å². The number of nitrogens with one attached hydrogen (secondary N) is 3. The second-order valence-electron chi connectivity index (χ2n) is 4.63. The van der Waals surface area contributed by atoms with Crippen LogP contribution in [0.2, 0.25) is 0 Å². The summed E-state index contributed by atoms with van der Waals surface area (Å²) in [6, 6.07) is 10.1. The average molecular weight is 320 g/mol. The SMILES string of the molecule is Cl.Cl.O=C(NCCCNc1ccccc1)C1CCNC1. The van der Waals surface area contributed by atoms with E-state index in [0.29, 0.717) is 0 Å². The normalized spacial score (nSPS) is 16.7. The van der Waals surface area contributed by atoms with Gasteiger partial charge in [-0.05, 0) is 31.5 Å². The van der Waals surface area contributed by atoms with Crippen molar-refractivity contribution in [2.45, 2.75) is 12.8 Å². The quantitative estimate of drug-likeness (QED) is 0.703. The minimum atomic E-state index is 0. The van der Waals surface area contributed by atoms with Crippen molar-refractivity contribution < 1.29 is 4.79 Å². The number of amides is 1. The molecule has 1 amide bonds. The van der Waals surface area contributed by atoms with Gasteiger partial charge in [-0.15, -0.1) is 24.8 Å². The molecule has 0 spiro atoms. The molecule has 20 heavy (non-hydrogen) atoms. The molecule has 1 atom stereocenters. The summed E-state index contributed by atoms with van der Waals surface area (Å²) in [6.07, 6.45) is 1.91. The molecular weight excluding hydrogens is 297 g/mol. The van der Waals surface area contributed by atoms with Crippen molar-refractivity contribution in [3.8, 4) is 0 Å². The van der Waals surface area contributed by atoms with Crippen molar-refractivity contribution in [1.82, 2.24) is 10.6 Å². The Labute approximate surface area is 132 Å². The highest BCUT2D eigenvalue weighted by atomic mass is 35.5. The monoisotopic (exact) mass is 319 g/mol. The zero-order valence-electron chi connectivity index (χ0n) is 11.4. The van der Waals surface area contributed by atoms with E-state index in [0.717, 1.165) is 44.7 Å². The van der Waals surface area contributed by atoms with Crippen LogP contribution < -0.4 is 16.0 Å². The third kappa shape index (κ3) is 6.46. The summed E-state index contributed by atoms with van der Waals surface area (Å²) in [6.45, 7) is 3.42. The second-order valence-corrected chi connectivity index (χ2v) is 4.63. The number of benzene rings is 1. The van der Waals surface area contributed by atoms with Gasteiger partial charge in [-0.25, -0.2) is 0 Å². The van der Waals surface area contributed by atoms with E-state index >= 15 is 0 Å². The first kappa shape index (κ1) is 19.0. The summed E-state index contributed by atoms with van der Waals surface area (Å²) in [5.41, 5.74) is 1.13. The Kier molecular flexibility index (Phi) is 10.3. The first-order chi connectivity index (χ1) is 8.86. The molecule has 1 aliphatic rings. The maximum absolute atomic E-state index is 11.7. The number of rotatable bonds is 6. The number of hydrogen-bond acceptors (Lipinski definition) is 3. The predicted molar refractivity (Wildman–Crippen MR) is 88.0 cm³/mol. The van der Waals surface area contributed by atoms with Gasteiger partial charge in [-0.1, -0.05) is 18.2 Å². The fourth-order valence-electron chi connectivity index (χ4n) is 2.11. The first-order valence-corrected chi connectivity index (χ1v) is 6.63. The van der Waals surface area contributed by atoms with Crippen molar-refractivity contribution in [2.75, 3.05) is 31.5 Å². The molecular formula is C14H23Cl2N3O. The van der Waals surface area contributed by atoms with Gasteiger partial charge in [0, 0.05) is 25.3 Å². The zero-order chi connectivity index (χ0) is 12.6. The molecule has 1 aliphatic heterocycles. The number of hydrogen-bond donors (Lipinski definition) is 3. The van der Waals surface area contributed by atoms with Gasteiger partial charge >= 0.3 is 0 Å². The topological polar surface area (TPSA) is 53.2 Å². The molecule has 3 N–H and O–H groups in total. The molecule has 1 aromatic carbocycles. The van der Waals surface area contributed by atoms with Crippen LogP contribution in [0.5, 0.6) is 0 Å². The summed E-state index contributed by atoms with van der Waals surface area (Å²) < 4.78 is 0. The molecule has 114 valence electrons. The molecule has 6 heteroatoms. The lowest BCUT2D eigenvalue weighted by Gasteiger charge is -2.10. The number of carbonyl (C=O) groups is 1. The molecule has 0 aromatic heterocycles. The van der Waals surface area contributed by atoms with E-state index in [-0.39, 0.29) is 36.6 Å². The number of halogens is 2. The minimum Gasteiger partial charge on any atom is -0.385 e. The number of para-hydroxylation sites is 1. The molecule has 1 aromatic rings. The van der Waals surface area contributed by atoms with E-state index in [2.05, 4.69) is 16.0 Å². The van der Waals surface area contributed by atoms with Crippen LogP contribution in [0.25, 0.3) is 0 Å². The highest BCUT2D eigenvalue weighted by Gasteiger charge is 2.21. The van der Waals surface area contributed by atoms with Crippen LogP contribution in [-0.2, 0) is 4.79 Å². The van der Waals surface area contributed by atoms with Crippen LogP contribution in [0, 0.1) is 5.92 Å². The maximum Gasteiger partial charge on any atom is 0.224 e. The first-order valence-electron chi connectivity index (χ1n) is 6.63. The molecule has 0 aliphatic carbocycles. The molecule has 2 rings (SSSR count). The summed E-state index contributed by atoms with van der Waals surface area (Å²) in [4.78, 5) is 11.7. The molecule has 0 radical (unpaired) electrons. The third-order valence-electron chi connectivity index (χ3n) is 3.19. The van der Waals surface area contributed by atoms with Gasteiger partial charge in [-0.2, -0.15) is 0 Å². The van der Waals surface area contributed by atoms with E-state index in [1.807, 2.05) is 30.3 Å². The van der Waals surface area contributed by atoms with Crippen molar-refractivity contribution in [3.05, 3.63) is 30.3 Å². The van der Waals surface area contributed by atoms with E-state index in [4.69, 9.17) is 0 Å². The van der Waals surface area contributed by atoms with E-state index in [1.54, 1.807) is 0 Å². The van der Waals surface area contributed by atoms with E-state index in [1.165, 1.54) is 0 Å². The van der Waals surface area contributed by atoms with Crippen LogP contribution in [0.4, 0.5) is 5.69 Å². The predicted octanol–water partition coefficient (Wildman–Crippen LogP) is 2.06. The lowest BCUT2D eigenvalue weighted by Crippen LogP contribution is -2.33. The van der Waals surface area contributed by atoms with Gasteiger partial charge in [0.2, 0.25) is 5.91 Å². The molecule has 0 bridgehead atoms. The molecule has 0 saturated carbocycles. The Hall–Kier alpha value is -0.970. The lowest BCUT2D eigenvalue weighted by atomic mass is 10.1. The van der Waals surface area contributed by atoms with Gasteiger partial charge in [-0.3, -0.25) is 4.79 Å². The van der Waals surface area contributed by atoms with Gasteiger partial charge in [0.25, 0.3) is 0 Å². The minimum absolute atomic E-state index is 0. The summed E-state index contributed by atoms with van der Waals surface area (Å²) >= 11 is 0. The third-order valence-corrected chi connectivity index (χ3v) is 3.19. The standard InChI is InChI=1S/C14H21N3O.2ClH/c18-14(12-7-10-15-11-12)17-9-4-8-16-13-5-2-1-3-6-13;;/h1-3,5-6,12,15-16H,4,7-11H2,(H,17,18);2*1H. The summed E-state index contributed by atoms with van der Waals surface area (Å²) in [5.74, 6) is 0.367. The molecule has 1 fully saturated rings. The fourth-order valence-corrected chi connectivity index (χ4v) is 2.11. The maximum atomic E-state index is 11.7. The van der Waals surface area contributed by atoms with Crippen LogP contribution in [0.3, 0.4) is 0 Å². The largest absolute Gasteiger partial charge is 0.385 e. The fraction of sp³-hybridized carbons (Fsp3) is 0.500. The average Bonchev–Trinajstić information content (AvgIpc) is 2.93. The Bertz CT molecular complexity index is 370. The van der Waals surface area contributed by atoms with E-state index in [9.17, 15) is 4.79 Å². The Morgan fingerprint density at radius 1 is 1.20 bits per heavy atom. The molecule has 1 heterocycles. The zero-order valence-corrected chi connectivity index (χ0v) is 13.1. The Balaban J connectivity index is 0.00000180. The summed E-state index contributed by atoms with van der Waals surface area (Å²) in [7, 11) is 0. The number of anilines is 1. The summed E-state index contributed by atoms with van der Waals surface area (Å²) in [5, 5.41) is 9.52. The second kappa shape index (κ2) is 10.8. The van der Waals surface area contributed by atoms with Crippen LogP contribution in [0.15, 0.2) is 30.3 Å². The highest BCUT2D eigenvalue weighted by molar-refractivity contribution is 5.85. The van der Waals surface area contributed by atoms with Crippen molar-refractivity contribution in [3.63, 3.8) is 0 Å². The lowest BCUT2D eigenvalue weighted by molar-refractivity contribution is -0.124. The van der Waals surface area contributed by atoms with Gasteiger partial charge in [0.15, 0.2) is 0 Å². The van der Waals surface area contributed by atoms with Gasteiger partial charge < -0.3 is 16.0 Å². The molecule has 1 saturated heterocycles. The van der Waals surface area contributed by atoms with E-state index < -0.39 is 0 Å². The molecule has 4 nitrogen and oxygen atoms in total. The van der Waals surface area contributed by atoms with Crippen LogP contribution in [-0.4, -0.2) is 32.1 Å².